The summed E-state index contributed by atoms with van der Waals surface area (Å²) in [4.78, 5) is 26.1. The van der Waals surface area contributed by atoms with E-state index in [1.807, 2.05) is 54.7 Å². The molecule has 0 aromatic rings. The number of ether oxygens (including phenoxy) is 1. The lowest BCUT2D eigenvalue weighted by molar-refractivity contribution is -0.150. The molecule has 0 radical (unpaired) electrons. The molecular formula is C60H109NO5. The predicted octanol–water partition coefficient (Wildman–Crippen LogP) is 17.6. The van der Waals surface area contributed by atoms with E-state index in [0.29, 0.717) is 19.3 Å². The molecule has 1 amide bonds. The van der Waals surface area contributed by atoms with Crippen molar-refractivity contribution in [2.45, 2.75) is 302 Å². The molecule has 3 unspecified atom stereocenters. The second-order valence-corrected chi connectivity index (χ2v) is 19.5. The number of esters is 1. The SMILES string of the molecule is CC/C=C/C=C/C=C\C=C/C=C/CC(CC(=O)NC(CO)C(O)CCCCCCCCCCCCCCCCCCC)OC(=O)CCCCCCCCCCCCCCCCCCCCC. The molecule has 0 rings (SSSR count). The zero-order chi connectivity index (χ0) is 48.1. The van der Waals surface area contributed by atoms with Crippen LogP contribution in [-0.4, -0.2) is 46.9 Å². The maximum absolute atomic E-state index is 13.2. The number of nitrogens with one attached hydrogen (secondary N) is 1. The maximum atomic E-state index is 13.2. The molecular weight excluding hydrogens is 815 g/mol. The quantitative estimate of drug-likeness (QED) is 0.0321. The van der Waals surface area contributed by atoms with Crippen LogP contribution in [0.25, 0.3) is 0 Å². The Kier molecular flexibility index (Phi) is 51.5. The molecule has 0 bridgehead atoms. The number of allylic oxidation sites excluding steroid dienone is 9. The summed E-state index contributed by atoms with van der Waals surface area (Å²) < 4.78 is 5.86. The molecule has 0 saturated heterocycles. The van der Waals surface area contributed by atoms with Crippen molar-refractivity contribution in [3.63, 3.8) is 0 Å². The number of unbranched alkanes of at least 4 members (excludes halogenated alkanes) is 34. The Hall–Kier alpha value is -2.44. The van der Waals surface area contributed by atoms with Crippen molar-refractivity contribution < 1.29 is 24.5 Å². The van der Waals surface area contributed by atoms with Gasteiger partial charge in [-0.05, 0) is 19.3 Å². The monoisotopic (exact) mass is 924 g/mol. The first-order valence-electron chi connectivity index (χ1n) is 28.6. The molecule has 0 fully saturated rings. The van der Waals surface area contributed by atoms with E-state index in [4.69, 9.17) is 4.74 Å². The van der Waals surface area contributed by atoms with Gasteiger partial charge in [0, 0.05) is 12.8 Å². The number of carbonyl (C=O) groups excluding carboxylic acids is 2. The normalized spacial score (nSPS) is 13.6. The number of aliphatic hydroxyl groups is 2. The number of hydrogen-bond donors (Lipinski definition) is 3. The smallest absolute Gasteiger partial charge is 0.306 e. The fourth-order valence-electron chi connectivity index (χ4n) is 8.69. The average Bonchev–Trinajstić information content (AvgIpc) is 3.31. The molecule has 0 aliphatic carbocycles. The van der Waals surface area contributed by atoms with E-state index in [2.05, 4.69) is 32.2 Å². The highest BCUT2D eigenvalue weighted by Crippen LogP contribution is 2.18. The summed E-state index contributed by atoms with van der Waals surface area (Å²) in [5, 5.41) is 23.8. The van der Waals surface area contributed by atoms with Crippen LogP contribution in [0.3, 0.4) is 0 Å². The van der Waals surface area contributed by atoms with E-state index in [0.717, 1.165) is 44.9 Å². The molecule has 384 valence electrons. The minimum Gasteiger partial charge on any atom is -0.461 e. The largest absolute Gasteiger partial charge is 0.461 e. The molecule has 6 heteroatoms. The molecule has 3 N–H and O–H groups in total. The van der Waals surface area contributed by atoms with E-state index in [9.17, 15) is 19.8 Å². The summed E-state index contributed by atoms with van der Waals surface area (Å²) in [6.45, 7) is 6.33. The Morgan fingerprint density at radius 2 is 0.788 bits per heavy atom. The molecule has 0 aliphatic heterocycles. The van der Waals surface area contributed by atoms with Gasteiger partial charge in [0.15, 0.2) is 0 Å². The Labute approximate surface area is 409 Å². The van der Waals surface area contributed by atoms with Gasteiger partial charge in [0.2, 0.25) is 5.91 Å². The molecule has 0 saturated carbocycles. The molecule has 6 nitrogen and oxygen atoms in total. The summed E-state index contributed by atoms with van der Waals surface area (Å²) in [5.41, 5.74) is 0. The standard InChI is InChI=1S/C60H109NO5/c1-4-7-10-13-16-19-22-24-26-28-29-31-33-35-38-41-44-47-50-53-60(65)66-56(51-48-45-42-39-36-21-18-15-12-9-6-3)54-59(64)61-57(55-62)58(63)52-49-46-43-40-37-34-32-30-27-25-23-20-17-14-11-8-5-2/h9,12,15,18,21,36,39,42,45,48,56-58,62-63H,4-8,10-11,13-14,16-17,19-20,22-35,37-38,40-41,43-44,46-47,49-55H2,1-3H3,(H,61,64)/b12-9+,18-15+,36-21-,42-39-,48-45+. The van der Waals surface area contributed by atoms with Crippen molar-refractivity contribution in [2.24, 2.45) is 0 Å². The molecule has 0 spiro atoms. The van der Waals surface area contributed by atoms with Crippen LogP contribution in [-0.2, 0) is 14.3 Å². The summed E-state index contributed by atoms with van der Waals surface area (Å²) in [5.74, 6) is -0.597. The van der Waals surface area contributed by atoms with Gasteiger partial charge in [0.25, 0.3) is 0 Å². The summed E-state index contributed by atoms with van der Waals surface area (Å²) in [7, 11) is 0. The minimum absolute atomic E-state index is 0.0166. The van der Waals surface area contributed by atoms with Crippen LogP contribution in [0.2, 0.25) is 0 Å². The van der Waals surface area contributed by atoms with Gasteiger partial charge in [-0.1, -0.05) is 306 Å². The van der Waals surface area contributed by atoms with Crippen molar-refractivity contribution in [3.8, 4) is 0 Å². The van der Waals surface area contributed by atoms with E-state index in [-0.39, 0.29) is 24.9 Å². The van der Waals surface area contributed by atoms with Gasteiger partial charge in [-0.15, -0.1) is 0 Å². The molecule has 0 heterocycles. The zero-order valence-electron chi connectivity index (χ0n) is 43.8. The van der Waals surface area contributed by atoms with Crippen molar-refractivity contribution in [3.05, 3.63) is 60.8 Å². The van der Waals surface area contributed by atoms with Gasteiger partial charge in [0.1, 0.15) is 6.10 Å². The van der Waals surface area contributed by atoms with Crippen LogP contribution in [0.1, 0.15) is 284 Å². The highest BCUT2D eigenvalue weighted by Gasteiger charge is 2.23. The van der Waals surface area contributed by atoms with Gasteiger partial charge in [0.05, 0.1) is 25.2 Å². The molecule has 66 heavy (non-hydrogen) atoms. The second kappa shape index (κ2) is 53.5. The Balaban J connectivity index is 4.49. The van der Waals surface area contributed by atoms with Gasteiger partial charge in [-0.3, -0.25) is 9.59 Å². The first-order chi connectivity index (χ1) is 32.5. The number of hydrogen-bond acceptors (Lipinski definition) is 5. The fraction of sp³-hybridized carbons (Fsp3) is 0.800. The topological polar surface area (TPSA) is 95.9 Å². The van der Waals surface area contributed by atoms with Crippen molar-refractivity contribution in [1.82, 2.24) is 5.32 Å². The highest BCUT2D eigenvalue weighted by molar-refractivity contribution is 5.77. The number of amides is 1. The Bertz CT molecular complexity index is 1170. The molecule has 3 atom stereocenters. The maximum Gasteiger partial charge on any atom is 0.306 e. The lowest BCUT2D eigenvalue weighted by Crippen LogP contribution is -2.46. The average molecular weight is 925 g/mol. The second-order valence-electron chi connectivity index (χ2n) is 19.5. The molecule has 0 aliphatic rings. The first kappa shape index (κ1) is 63.6. The van der Waals surface area contributed by atoms with Crippen molar-refractivity contribution in [1.29, 1.82) is 0 Å². The van der Waals surface area contributed by atoms with Gasteiger partial charge in [-0.2, -0.15) is 0 Å². The van der Waals surface area contributed by atoms with Gasteiger partial charge >= 0.3 is 5.97 Å². The minimum atomic E-state index is -0.818. The van der Waals surface area contributed by atoms with Crippen LogP contribution in [0.5, 0.6) is 0 Å². The van der Waals surface area contributed by atoms with E-state index >= 15 is 0 Å². The van der Waals surface area contributed by atoms with Crippen LogP contribution in [0.15, 0.2) is 60.8 Å². The first-order valence-corrected chi connectivity index (χ1v) is 28.6. The van der Waals surface area contributed by atoms with Crippen molar-refractivity contribution in [2.75, 3.05) is 6.61 Å². The summed E-state index contributed by atoms with van der Waals surface area (Å²) in [6.07, 6.45) is 67.5. The molecule has 0 aromatic heterocycles. The number of rotatable bonds is 51. The third-order valence-electron chi connectivity index (χ3n) is 13.0. The third-order valence-corrected chi connectivity index (χ3v) is 13.0. The van der Waals surface area contributed by atoms with Crippen LogP contribution in [0.4, 0.5) is 0 Å². The van der Waals surface area contributed by atoms with E-state index in [1.165, 1.54) is 193 Å². The van der Waals surface area contributed by atoms with Crippen LogP contribution < -0.4 is 5.32 Å². The van der Waals surface area contributed by atoms with E-state index < -0.39 is 18.2 Å². The molecule has 0 aromatic carbocycles. The van der Waals surface area contributed by atoms with Crippen LogP contribution in [0, 0.1) is 0 Å². The van der Waals surface area contributed by atoms with Crippen LogP contribution >= 0.6 is 0 Å². The Morgan fingerprint density at radius 3 is 1.15 bits per heavy atom. The van der Waals surface area contributed by atoms with Gasteiger partial charge < -0.3 is 20.3 Å². The highest BCUT2D eigenvalue weighted by atomic mass is 16.5. The Morgan fingerprint density at radius 1 is 0.455 bits per heavy atom. The lowest BCUT2D eigenvalue weighted by atomic mass is 10.0. The summed E-state index contributed by atoms with van der Waals surface area (Å²) in [6, 6.07) is -0.740. The van der Waals surface area contributed by atoms with Crippen molar-refractivity contribution >= 4 is 11.9 Å². The number of aliphatic hydroxyl groups excluding tert-OH is 2. The van der Waals surface area contributed by atoms with E-state index in [1.54, 1.807) is 0 Å². The summed E-state index contributed by atoms with van der Waals surface area (Å²) >= 11 is 0. The number of carbonyl (C=O) groups is 2. The zero-order valence-corrected chi connectivity index (χ0v) is 43.8. The third kappa shape index (κ3) is 48.0. The predicted molar refractivity (Wildman–Crippen MR) is 287 cm³/mol. The fourth-order valence-corrected chi connectivity index (χ4v) is 8.69. The van der Waals surface area contributed by atoms with Gasteiger partial charge in [-0.25, -0.2) is 0 Å². The lowest BCUT2D eigenvalue weighted by Gasteiger charge is -2.24.